The number of ether oxygens (including phenoxy) is 2. The normalized spacial score (nSPS) is 21.9. The number of carbonyl (C=O) groups is 1. The van der Waals surface area contributed by atoms with Crippen LogP contribution in [-0.4, -0.2) is 61.6 Å². The van der Waals surface area contributed by atoms with Gasteiger partial charge in [-0.05, 0) is 57.7 Å². The minimum absolute atomic E-state index is 0.0523. The Kier molecular flexibility index (Phi) is 14.6. The minimum atomic E-state index is -1.93. The highest BCUT2D eigenvalue weighted by Crippen LogP contribution is 2.38. The highest BCUT2D eigenvalue weighted by atomic mass is 28.4. The van der Waals surface area contributed by atoms with E-state index in [0.29, 0.717) is 6.42 Å². The quantitative estimate of drug-likeness (QED) is 0.0759. The van der Waals surface area contributed by atoms with Gasteiger partial charge >= 0.3 is 5.97 Å². The van der Waals surface area contributed by atoms with E-state index in [0.717, 1.165) is 36.0 Å². The minimum Gasteiger partial charge on any atom is -0.456 e. The van der Waals surface area contributed by atoms with Crippen molar-refractivity contribution in [2.75, 3.05) is 6.61 Å². The van der Waals surface area contributed by atoms with E-state index in [2.05, 4.69) is 53.6 Å². The van der Waals surface area contributed by atoms with E-state index in [9.17, 15) is 15.0 Å². The van der Waals surface area contributed by atoms with Gasteiger partial charge in [0.15, 0.2) is 8.32 Å². The molecule has 1 heterocycles. The average Bonchev–Trinajstić information content (AvgIpc) is 2.81. The van der Waals surface area contributed by atoms with Crippen molar-refractivity contribution in [2.45, 2.75) is 115 Å². The summed E-state index contributed by atoms with van der Waals surface area (Å²) in [7, 11) is -1.93. The van der Waals surface area contributed by atoms with Crippen molar-refractivity contribution in [3.8, 4) is 0 Å². The number of allylic oxidation sites excluding steroid dienone is 2. The van der Waals surface area contributed by atoms with Crippen LogP contribution in [0.5, 0.6) is 0 Å². The second kappa shape index (κ2) is 16.3. The fourth-order valence-electron chi connectivity index (χ4n) is 4.13. The summed E-state index contributed by atoms with van der Waals surface area (Å²) in [6.07, 6.45) is 11.5. The van der Waals surface area contributed by atoms with E-state index >= 15 is 0 Å². The molecule has 1 unspecified atom stereocenters. The molecule has 0 bridgehead atoms. The van der Waals surface area contributed by atoms with Crippen LogP contribution < -0.4 is 0 Å². The third-order valence-electron chi connectivity index (χ3n) is 7.33. The molecule has 1 aliphatic heterocycles. The molecule has 0 amide bonds. The number of hydrogen-bond acceptors (Lipinski definition) is 6. The van der Waals surface area contributed by atoms with Gasteiger partial charge in [-0.2, -0.15) is 0 Å². The summed E-state index contributed by atoms with van der Waals surface area (Å²) in [5.74, 6) is -0.588. The zero-order valence-corrected chi connectivity index (χ0v) is 26.2. The maximum Gasteiger partial charge on any atom is 0.331 e. The lowest BCUT2D eigenvalue weighted by Gasteiger charge is -2.38. The SMILES string of the molecule is C=CC[C@H]1CC(=C)C[C@@H](/C=C(\C)C[C@H](OC(=O)/C=C/C=C(/C)CC(C=C)O[Si](C)(C)C(C)(C)C)[C@H](O)CO)O1. The molecular weight excluding hydrogens is 508 g/mol. The van der Waals surface area contributed by atoms with Gasteiger partial charge in [-0.15, -0.1) is 13.2 Å². The van der Waals surface area contributed by atoms with Crippen LogP contribution in [0.4, 0.5) is 0 Å². The molecule has 2 N–H and O–H groups in total. The molecular formula is C32H52O6Si. The van der Waals surface area contributed by atoms with Crippen molar-refractivity contribution in [3.05, 3.63) is 72.9 Å². The first kappa shape index (κ1) is 35.0. The van der Waals surface area contributed by atoms with E-state index in [4.69, 9.17) is 13.9 Å². The third kappa shape index (κ3) is 12.8. The second-order valence-corrected chi connectivity index (χ2v) is 16.9. The lowest BCUT2D eigenvalue weighted by atomic mass is 9.95. The Hall–Kier alpha value is -2.03. The van der Waals surface area contributed by atoms with Gasteiger partial charge in [-0.25, -0.2) is 4.79 Å². The molecule has 0 aromatic rings. The van der Waals surface area contributed by atoms with E-state index in [1.54, 1.807) is 6.08 Å². The largest absolute Gasteiger partial charge is 0.456 e. The number of aliphatic hydroxyl groups is 2. The van der Waals surface area contributed by atoms with Crippen LogP contribution in [0.3, 0.4) is 0 Å². The van der Waals surface area contributed by atoms with Crippen molar-refractivity contribution < 1.29 is 28.9 Å². The summed E-state index contributed by atoms with van der Waals surface area (Å²) >= 11 is 0. The Morgan fingerprint density at radius 3 is 2.41 bits per heavy atom. The summed E-state index contributed by atoms with van der Waals surface area (Å²) in [6, 6.07) is 0. The summed E-state index contributed by atoms with van der Waals surface area (Å²) in [5.41, 5.74) is 3.06. The first-order valence-corrected chi connectivity index (χ1v) is 16.8. The highest BCUT2D eigenvalue weighted by Gasteiger charge is 2.38. The molecule has 39 heavy (non-hydrogen) atoms. The van der Waals surface area contributed by atoms with Gasteiger partial charge in [0.1, 0.15) is 12.2 Å². The maximum atomic E-state index is 12.5. The zero-order valence-electron chi connectivity index (χ0n) is 25.2. The van der Waals surface area contributed by atoms with Crippen LogP contribution in [0, 0.1) is 0 Å². The first-order valence-electron chi connectivity index (χ1n) is 13.9. The molecule has 0 spiro atoms. The molecule has 1 aliphatic rings. The van der Waals surface area contributed by atoms with Crippen LogP contribution in [0.1, 0.15) is 66.7 Å². The van der Waals surface area contributed by atoms with Crippen molar-refractivity contribution in [1.82, 2.24) is 0 Å². The summed E-state index contributed by atoms with van der Waals surface area (Å²) in [4.78, 5) is 12.5. The smallest absolute Gasteiger partial charge is 0.331 e. The Balaban J connectivity index is 2.78. The monoisotopic (exact) mass is 560 g/mol. The molecule has 1 saturated heterocycles. The number of hydrogen-bond donors (Lipinski definition) is 2. The van der Waals surface area contributed by atoms with E-state index in [-0.39, 0.29) is 29.8 Å². The summed E-state index contributed by atoms with van der Waals surface area (Å²) in [6.45, 7) is 26.3. The van der Waals surface area contributed by atoms with Crippen molar-refractivity contribution in [2.24, 2.45) is 0 Å². The first-order chi connectivity index (χ1) is 18.1. The van der Waals surface area contributed by atoms with Crippen molar-refractivity contribution in [1.29, 1.82) is 0 Å². The number of esters is 1. The Morgan fingerprint density at radius 2 is 1.85 bits per heavy atom. The highest BCUT2D eigenvalue weighted by molar-refractivity contribution is 6.74. The van der Waals surface area contributed by atoms with Gasteiger partial charge in [-0.3, -0.25) is 0 Å². The second-order valence-electron chi connectivity index (χ2n) is 12.2. The molecule has 0 radical (unpaired) electrons. The van der Waals surface area contributed by atoms with Gasteiger partial charge < -0.3 is 24.1 Å². The molecule has 5 atom stereocenters. The zero-order chi connectivity index (χ0) is 29.8. The van der Waals surface area contributed by atoms with Crippen LogP contribution in [-0.2, 0) is 18.7 Å². The molecule has 220 valence electrons. The fraction of sp³-hybridized carbons (Fsp3) is 0.594. The average molecular weight is 561 g/mol. The lowest BCUT2D eigenvalue weighted by Crippen LogP contribution is -2.43. The van der Waals surface area contributed by atoms with Crippen molar-refractivity contribution in [3.63, 3.8) is 0 Å². The number of rotatable bonds is 15. The lowest BCUT2D eigenvalue weighted by molar-refractivity contribution is -0.150. The predicted molar refractivity (Wildman–Crippen MR) is 163 cm³/mol. The molecule has 0 saturated carbocycles. The molecule has 7 heteroatoms. The van der Waals surface area contributed by atoms with E-state index < -0.39 is 33.1 Å². The number of carbonyl (C=O) groups excluding carboxylic acids is 1. The van der Waals surface area contributed by atoms with Crippen LogP contribution in [0.2, 0.25) is 18.1 Å². The third-order valence-corrected chi connectivity index (χ3v) is 11.8. The fourth-order valence-corrected chi connectivity index (χ4v) is 5.42. The molecule has 0 aliphatic carbocycles. The van der Waals surface area contributed by atoms with Crippen LogP contribution >= 0.6 is 0 Å². The maximum absolute atomic E-state index is 12.5. The Bertz CT molecular complexity index is 923. The topological polar surface area (TPSA) is 85.2 Å². The Morgan fingerprint density at radius 1 is 1.18 bits per heavy atom. The van der Waals surface area contributed by atoms with Crippen molar-refractivity contribution >= 4 is 14.3 Å². The molecule has 1 fully saturated rings. The van der Waals surface area contributed by atoms with Gasteiger partial charge in [0.05, 0.1) is 24.9 Å². The number of aliphatic hydroxyl groups excluding tert-OH is 2. The van der Waals surface area contributed by atoms with Gasteiger partial charge in [0, 0.05) is 12.5 Å². The molecule has 0 aromatic heterocycles. The standard InChI is InChI=1S/C32H52O6Si/c1-11-14-27-18-24(4)19-28(36-27)20-25(5)21-30(29(34)22-33)37-31(35)16-13-15-23(3)17-26(12-2)38-39(9,10)32(6,7)8/h11-13,15-16,20,26-30,33-34H,1-2,4,14,17-19,21-22H2,3,5-10H3/b16-13+,23-15-,25-20+/t26?,27-,28-,29+,30-/m0/s1. The predicted octanol–water partition coefficient (Wildman–Crippen LogP) is 6.74. The van der Waals surface area contributed by atoms with Gasteiger partial charge in [0.25, 0.3) is 0 Å². The van der Waals surface area contributed by atoms with Crippen LogP contribution in [0.15, 0.2) is 72.9 Å². The molecule has 0 aromatic carbocycles. The summed E-state index contributed by atoms with van der Waals surface area (Å²) in [5, 5.41) is 19.9. The summed E-state index contributed by atoms with van der Waals surface area (Å²) < 4.78 is 18.1. The molecule has 6 nitrogen and oxygen atoms in total. The Labute approximate surface area is 238 Å². The van der Waals surface area contributed by atoms with E-state index in [1.165, 1.54) is 6.08 Å². The molecule has 1 rings (SSSR count). The van der Waals surface area contributed by atoms with Crippen LogP contribution in [0.25, 0.3) is 0 Å². The van der Waals surface area contributed by atoms with Gasteiger partial charge in [0.2, 0.25) is 0 Å². The van der Waals surface area contributed by atoms with Gasteiger partial charge in [-0.1, -0.05) is 74.4 Å². The van der Waals surface area contributed by atoms with E-state index in [1.807, 2.05) is 38.2 Å².